The molecule has 0 unspecified atom stereocenters. The van der Waals surface area contributed by atoms with E-state index in [2.05, 4.69) is 15.3 Å². The van der Waals surface area contributed by atoms with Crippen LogP contribution in [0.1, 0.15) is 16.2 Å². The van der Waals surface area contributed by atoms with Gasteiger partial charge in [0.25, 0.3) is 5.91 Å². The standard InChI is InChI=1S/C12H10ClN3O2/c1-7-5-15-10(6-14-7)12(18)16-8-2-3-9(13)11(17)4-8/h2-6,17H,1H3,(H,16,18). The van der Waals surface area contributed by atoms with E-state index in [1.807, 2.05) is 0 Å². The van der Waals surface area contributed by atoms with Crippen LogP contribution < -0.4 is 5.32 Å². The van der Waals surface area contributed by atoms with Crippen molar-refractivity contribution in [2.24, 2.45) is 0 Å². The molecule has 18 heavy (non-hydrogen) atoms. The van der Waals surface area contributed by atoms with Crippen molar-refractivity contribution in [1.82, 2.24) is 9.97 Å². The summed E-state index contributed by atoms with van der Waals surface area (Å²) in [6, 6.07) is 4.44. The summed E-state index contributed by atoms with van der Waals surface area (Å²) in [5.74, 6) is -0.492. The maximum absolute atomic E-state index is 11.8. The average molecular weight is 264 g/mol. The predicted octanol–water partition coefficient (Wildman–Crippen LogP) is 2.40. The third-order valence-corrected chi connectivity index (χ3v) is 2.54. The van der Waals surface area contributed by atoms with Gasteiger partial charge in [0.1, 0.15) is 11.4 Å². The number of anilines is 1. The zero-order valence-electron chi connectivity index (χ0n) is 9.51. The highest BCUT2D eigenvalue weighted by Gasteiger charge is 2.09. The maximum Gasteiger partial charge on any atom is 0.275 e. The van der Waals surface area contributed by atoms with Crippen LogP contribution in [-0.2, 0) is 0 Å². The number of hydrogen-bond acceptors (Lipinski definition) is 4. The lowest BCUT2D eigenvalue weighted by molar-refractivity contribution is 0.102. The molecule has 0 bridgehead atoms. The number of aromatic nitrogens is 2. The summed E-state index contributed by atoms with van der Waals surface area (Å²) >= 11 is 5.67. The van der Waals surface area contributed by atoms with Crippen LogP contribution in [0.2, 0.25) is 5.02 Å². The van der Waals surface area contributed by atoms with Gasteiger partial charge in [0.2, 0.25) is 0 Å². The van der Waals surface area contributed by atoms with Gasteiger partial charge in [0.15, 0.2) is 0 Å². The number of nitrogens with one attached hydrogen (secondary N) is 1. The van der Waals surface area contributed by atoms with Crippen LogP contribution in [0.5, 0.6) is 5.75 Å². The molecule has 6 heteroatoms. The molecule has 0 radical (unpaired) electrons. The molecular formula is C12H10ClN3O2. The first-order valence-corrected chi connectivity index (χ1v) is 5.52. The summed E-state index contributed by atoms with van der Waals surface area (Å²) in [6.07, 6.45) is 2.90. The Hall–Kier alpha value is -2.14. The lowest BCUT2D eigenvalue weighted by Crippen LogP contribution is -2.14. The Bertz CT molecular complexity index is 584. The van der Waals surface area contributed by atoms with Crippen LogP contribution in [0.15, 0.2) is 30.6 Å². The van der Waals surface area contributed by atoms with Crippen LogP contribution in [0.4, 0.5) is 5.69 Å². The molecule has 0 aliphatic carbocycles. The van der Waals surface area contributed by atoms with Gasteiger partial charge < -0.3 is 10.4 Å². The normalized spacial score (nSPS) is 10.1. The molecule has 0 fully saturated rings. The average Bonchev–Trinajstić information content (AvgIpc) is 2.34. The smallest absolute Gasteiger partial charge is 0.275 e. The van der Waals surface area contributed by atoms with Crippen molar-refractivity contribution >= 4 is 23.2 Å². The number of benzene rings is 1. The number of hydrogen-bond donors (Lipinski definition) is 2. The third-order valence-electron chi connectivity index (χ3n) is 2.22. The molecule has 1 aromatic carbocycles. The molecule has 0 aliphatic heterocycles. The van der Waals surface area contributed by atoms with Crippen molar-refractivity contribution in [2.75, 3.05) is 5.32 Å². The number of aromatic hydroxyl groups is 1. The highest BCUT2D eigenvalue weighted by atomic mass is 35.5. The second-order valence-corrected chi connectivity index (χ2v) is 4.07. The molecule has 92 valence electrons. The largest absolute Gasteiger partial charge is 0.506 e. The Kier molecular flexibility index (Phi) is 3.43. The van der Waals surface area contributed by atoms with Gasteiger partial charge >= 0.3 is 0 Å². The van der Waals surface area contributed by atoms with Gasteiger partial charge in [0, 0.05) is 18.0 Å². The summed E-state index contributed by atoms with van der Waals surface area (Å²) in [6.45, 7) is 1.78. The van der Waals surface area contributed by atoms with Crippen molar-refractivity contribution in [3.8, 4) is 5.75 Å². The zero-order chi connectivity index (χ0) is 13.1. The molecule has 2 rings (SSSR count). The molecule has 2 aromatic rings. The Labute approximate surface area is 108 Å². The van der Waals surface area contributed by atoms with E-state index in [9.17, 15) is 9.90 Å². The number of nitrogens with zero attached hydrogens (tertiary/aromatic N) is 2. The van der Waals surface area contributed by atoms with Gasteiger partial charge in [-0.1, -0.05) is 11.6 Å². The minimum atomic E-state index is -0.399. The van der Waals surface area contributed by atoms with E-state index < -0.39 is 5.91 Å². The number of carbonyl (C=O) groups excluding carboxylic acids is 1. The number of phenols is 1. The number of rotatable bonds is 2. The Balaban J connectivity index is 2.16. The van der Waals surface area contributed by atoms with Crippen molar-refractivity contribution < 1.29 is 9.90 Å². The van der Waals surface area contributed by atoms with E-state index >= 15 is 0 Å². The molecule has 0 saturated heterocycles. The Morgan fingerprint density at radius 3 is 2.72 bits per heavy atom. The summed E-state index contributed by atoms with van der Waals surface area (Å²) in [5, 5.41) is 12.2. The second kappa shape index (κ2) is 5.01. The summed E-state index contributed by atoms with van der Waals surface area (Å²) in [5.41, 5.74) is 1.37. The zero-order valence-corrected chi connectivity index (χ0v) is 10.3. The summed E-state index contributed by atoms with van der Waals surface area (Å²) < 4.78 is 0. The van der Waals surface area contributed by atoms with E-state index in [1.165, 1.54) is 24.5 Å². The number of halogens is 1. The van der Waals surface area contributed by atoms with E-state index in [0.29, 0.717) is 5.69 Å². The first-order chi connectivity index (χ1) is 8.56. The van der Waals surface area contributed by atoms with Crippen molar-refractivity contribution in [3.63, 3.8) is 0 Å². The van der Waals surface area contributed by atoms with Crippen molar-refractivity contribution in [3.05, 3.63) is 47.0 Å². The lowest BCUT2D eigenvalue weighted by atomic mass is 10.3. The van der Waals surface area contributed by atoms with Crippen LogP contribution in [0, 0.1) is 6.92 Å². The summed E-state index contributed by atoms with van der Waals surface area (Å²) in [4.78, 5) is 19.7. The van der Waals surface area contributed by atoms with Crippen LogP contribution >= 0.6 is 11.6 Å². The first kappa shape index (κ1) is 12.3. The molecule has 1 amide bonds. The maximum atomic E-state index is 11.8. The molecule has 0 saturated carbocycles. The SMILES string of the molecule is Cc1cnc(C(=O)Nc2ccc(Cl)c(O)c2)cn1. The van der Waals surface area contributed by atoms with Crippen LogP contribution in [-0.4, -0.2) is 21.0 Å². The predicted molar refractivity (Wildman–Crippen MR) is 67.8 cm³/mol. The molecule has 1 aromatic heterocycles. The van der Waals surface area contributed by atoms with E-state index in [4.69, 9.17) is 11.6 Å². The van der Waals surface area contributed by atoms with Gasteiger partial charge in [-0.15, -0.1) is 0 Å². The van der Waals surface area contributed by atoms with E-state index in [0.717, 1.165) is 5.69 Å². The van der Waals surface area contributed by atoms with Gasteiger partial charge in [-0.2, -0.15) is 0 Å². The minimum absolute atomic E-state index is 0.0931. The summed E-state index contributed by atoms with van der Waals surface area (Å²) in [7, 11) is 0. The van der Waals surface area contributed by atoms with Crippen LogP contribution in [0.25, 0.3) is 0 Å². The van der Waals surface area contributed by atoms with Gasteiger partial charge in [0.05, 0.1) is 16.9 Å². The molecule has 0 spiro atoms. The number of phenolic OH excluding ortho intramolecular Hbond substituents is 1. The van der Waals surface area contributed by atoms with E-state index in [-0.39, 0.29) is 16.5 Å². The van der Waals surface area contributed by atoms with Gasteiger partial charge in [-0.25, -0.2) is 4.98 Å². The molecule has 5 nitrogen and oxygen atoms in total. The molecule has 2 N–H and O–H groups in total. The molecule has 0 aliphatic rings. The molecule has 1 heterocycles. The minimum Gasteiger partial charge on any atom is -0.506 e. The fourth-order valence-electron chi connectivity index (χ4n) is 1.30. The Morgan fingerprint density at radius 1 is 1.33 bits per heavy atom. The lowest BCUT2D eigenvalue weighted by Gasteiger charge is -2.05. The molecular weight excluding hydrogens is 254 g/mol. The number of aryl methyl sites for hydroxylation is 1. The molecule has 0 atom stereocenters. The van der Waals surface area contributed by atoms with Crippen molar-refractivity contribution in [1.29, 1.82) is 0 Å². The highest BCUT2D eigenvalue weighted by Crippen LogP contribution is 2.26. The van der Waals surface area contributed by atoms with Gasteiger partial charge in [-0.3, -0.25) is 9.78 Å². The Morgan fingerprint density at radius 2 is 2.11 bits per heavy atom. The first-order valence-electron chi connectivity index (χ1n) is 5.15. The fraction of sp³-hybridized carbons (Fsp3) is 0.0833. The quantitative estimate of drug-likeness (QED) is 0.872. The fourth-order valence-corrected chi connectivity index (χ4v) is 1.41. The van der Waals surface area contributed by atoms with E-state index in [1.54, 1.807) is 13.0 Å². The van der Waals surface area contributed by atoms with Crippen molar-refractivity contribution in [2.45, 2.75) is 6.92 Å². The monoisotopic (exact) mass is 263 g/mol. The van der Waals surface area contributed by atoms with Gasteiger partial charge in [-0.05, 0) is 19.1 Å². The second-order valence-electron chi connectivity index (χ2n) is 3.66. The topological polar surface area (TPSA) is 75.1 Å². The van der Waals surface area contributed by atoms with Crippen LogP contribution in [0.3, 0.4) is 0 Å². The number of amides is 1. The highest BCUT2D eigenvalue weighted by molar-refractivity contribution is 6.32. The number of carbonyl (C=O) groups is 1. The third kappa shape index (κ3) is 2.75.